The summed E-state index contributed by atoms with van der Waals surface area (Å²) in [7, 11) is 0. The Kier molecular flexibility index (Phi) is 13.1. The van der Waals surface area contributed by atoms with E-state index in [1.54, 1.807) is 54.7 Å². The number of ketones is 1. The van der Waals surface area contributed by atoms with Crippen molar-refractivity contribution in [2.45, 2.75) is 57.6 Å². The molecule has 1 amide bonds. The highest BCUT2D eigenvalue weighted by molar-refractivity contribution is 5.94. The SMILES string of the molecule is CCOC(CCNC(=O)c1cncc(-c2cccc(C(O)(C(=O)COC3CCN(Cc4ccccc4)CC3)c3ccccc3)c2)n1)OCC. The van der Waals surface area contributed by atoms with Gasteiger partial charge in [0.2, 0.25) is 0 Å². The number of aliphatic hydroxyl groups is 1. The molecule has 2 N–H and O–H groups in total. The molecular weight excluding hydrogens is 620 g/mol. The van der Waals surface area contributed by atoms with E-state index >= 15 is 0 Å². The number of hydrogen-bond donors (Lipinski definition) is 2. The maximum absolute atomic E-state index is 14.0. The average molecular weight is 667 g/mol. The second-order valence-corrected chi connectivity index (χ2v) is 12.0. The molecule has 0 saturated carbocycles. The third-order valence-electron chi connectivity index (χ3n) is 8.64. The number of likely N-dealkylation sites (tertiary alicyclic amines) is 1. The number of piperidine rings is 1. The second kappa shape index (κ2) is 17.9. The first-order valence-electron chi connectivity index (χ1n) is 17.0. The van der Waals surface area contributed by atoms with E-state index in [0.717, 1.165) is 32.5 Å². The van der Waals surface area contributed by atoms with E-state index in [9.17, 15) is 14.7 Å². The Balaban J connectivity index is 1.27. The van der Waals surface area contributed by atoms with Gasteiger partial charge in [-0.2, -0.15) is 0 Å². The van der Waals surface area contributed by atoms with Crippen LogP contribution in [0.3, 0.4) is 0 Å². The number of Topliss-reactive ketones (excluding diaryl/α,β-unsaturated/α-hetero) is 1. The highest BCUT2D eigenvalue weighted by atomic mass is 16.7. The summed E-state index contributed by atoms with van der Waals surface area (Å²) in [6, 6.07) is 26.3. The minimum atomic E-state index is -1.97. The molecule has 258 valence electrons. The van der Waals surface area contributed by atoms with Crippen molar-refractivity contribution in [3.63, 3.8) is 0 Å². The van der Waals surface area contributed by atoms with Crippen LogP contribution in [0.2, 0.25) is 0 Å². The van der Waals surface area contributed by atoms with Crippen LogP contribution in [-0.4, -0.2) is 83.5 Å². The Bertz CT molecular complexity index is 1630. The Hall–Kier alpha value is -4.32. The first-order valence-corrected chi connectivity index (χ1v) is 17.0. The van der Waals surface area contributed by atoms with Crippen LogP contribution in [0, 0.1) is 0 Å². The minimum absolute atomic E-state index is 0.0734. The van der Waals surface area contributed by atoms with Crippen LogP contribution < -0.4 is 5.32 Å². The minimum Gasteiger partial charge on any atom is -0.373 e. The number of amides is 1. The number of aromatic nitrogens is 2. The zero-order valence-corrected chi connectivity index (χ0v) is 28.3. The number of carbonyl (C=O) groups is 2. The molecule has 10 heteroatoms. The number of hydrogen-bond acceptors (Lipinski definition) is 9. The Labute approximate surface area is 288 Å². The number of nitrogens with one attached hydrogen (secondary N) is 1. The van der Waals surface area contributed by atoms with Gasteiger partial charge < -0.3 is 24.6 Å². The fourth-order valence-corrected chi connectivity index (χ4v) is 6.04. The molecule has 0 bridgehead atoms. The van der Waals surface area contributed by atoms with Crippen molar-refractivity contribution in [3.05, 3.63) is 120 Å². The van der Waals surface area contributed by atoms with Crippen molar-refractivity contribution in [3.8, 4) is 11.3 Å². The third-order valence-corrected chi connectivity index (χ3v) is 8.64. The molecule has 49 heavy (non-hydrogen) atoms. The molecule has 0 spiro atoms. The largest absolute Gasteiger partial charge is 0.373 e. The summed E-state index contributed by atoms with van der Waals surface area (Å²) in [6.45, 7) is 7.55. The van der Waals surface area contributed by atoms with Crippen LogP contribution in [0.4, 0.5) is 0 Å². The summed E-state index contributed by atoms with van der Waals surface area (Å²) in [5, 5.41) is 15.1. The van der Waals surface area contributed by atoms with Gasteiger partial charge in [-0.3, -0.25) is 19.5 Å². The summed E-state index contributed by atoms with van der Waals surface area (Å²) >= 11 is 0. The summed E-state index contributed by atoms with van der Waals surface area (Å²) < 4.78 is 17.2. The lowest BCUT2D eigenvalue weighted by Crippen LogP contribution is -2.42. The predicted molar refractivity (Wildman–Crippen MR) is 187 cm³/mol. The monoisotopic (exact) mass is 666 g/mol. The average Bonchev–Trinajstić information content (AvgIpc) is 3.15. The molecule has 5 rings (SSSR count). The van der Waals surface area contributed by atoms with E-state index in [1.165, 1.54) is 11.8 Å². The van der Waals surface area contributed by atoms with Gasteiger partial charge in [0.1, 0.15) is 12.3 Å². The summed E-state index contributed by atoms with van der Waals surface area (Å²) in [6.07, 6.45) is 4.58. The Morgan fingerprint density at radius 1 is 0.918 bits per heavy atom. The second-order valence-electron chi connectivity index (χ2n) is 12.0. The highest BCUT2D eigenvalue weighted by Crippen LogP contribution is 2.33. The van der Waals surface area contributed by atoms with E-state index in [-0.39, 0.29) is 24.3 Å². The summed E-state index contributed by atoms with van der Waals surface area (Å²) in [5.41, 5.74) is 1.29. The number of nitrogens with zero attached hydrogens (tertiary/aromatic N) is 3. The maximum Gasteiger partial charge on any atom is 0.271 e. The lowest BCUT2D eigenvalue weighted by Gasteiger charge is -2.33. The molecule has 2 heterocycles. The number of carbonyl (C=O) groups excluding carboxylic acids is 2. The zero-order chi connectivity index (χ0) is 34.5. The van der Waals surface area contributed by atoms with Gasteiger partial charge >= 0.3 is 0 Å². The van der Waals surface area contributed by atoms with E-state index in [1.807, 2.05) is 26.0 Å². The van der Waals surface area contributed by atoms with Gasteiger partial charge in [-0.05, 0) is 49.4 Å². The standard InChI is InChI=1S/C39H46N4O6/c1-3-47-37(48-4-2)18-21-41-38(45)35-26-40-25-34(42-35)30-14-11-17-32(24-30)39(46,31-15-9-6-10-16-31)36(44)28-49-33-19-22-43(23-20-33)27-29-12-7-5-8-13-29/h5-17,24-26,33,37,46H,3-4,18-23,27-28H2,1-2H3,(H,41,45). The van der Waals surface area contributed by atoms with Crippen LogP contribution >= 0.6 is 0 Å². The quantitative estimate of drug-likeness (QED) is 0.147. The molecule has 4 aromatic rings. The smallest absolute Gasteiger partial charge is 0.271 e. The van der Waals surface area contributed by atoms with Crippen LogP contribution in [-0.2, 0) is 31.2 Å². The normalized spacial score (nSPS) is 15.2. The Morgan fingerprint density at radius 2 is 1.59 bits per heavy atom. The number of benzene rings is 3. The summed E-state index contributed by atoms with van der Waals surface area (Å²) in [4.78, 5) is 38.1. The third kappa shape index (κ3) is 9.65. The van der Waals surface area contributed by atoms with E-state index in [0.29, 0.717) is 48.6 Å². The molecule has 1 fully saturated rings. The summed E-state index contributed by atoms with van der Waals surface area (Å²) in [5.74, 6) is -0.838. The molecule has 3 aromatic carbocycles. The van der Waals surface area contributed by atoms with Crippen molar-refractivity contribution in [1.29, 1.82) is 0 Å². The predicted octanol–water partition coefficient (Wildman–Crippen LogP) is 5.15. The molecular formula is C39H46N4O6. The molecule has 1 saturated heterocycles. The zero-order valence-electron chi connectivity index (χ0n) is 28.3. The van der Waals surface area contributed by atoms with Crippen molar-refractivity contribution in [2.24, 2.45) is 0 Å². The van der Waals surface area contributed by atoms with Crippen LogP contribution in [0.15, 0.2) is 97.3 Å². The molecule has 1 atom stereocenters. The fraction of sp³-hybridized carbons (Fsp3) is 0.385. The molecule has 1 unspecified atom stereocenters. The maximum atomic E-state index is 14.0. The molecule has 1 aromatic heterocycles. The van der Waals surface area contributed by atoms with Gasteiger partial charge in [-0.25, -0.2) is 4.98 Å². The van der Waals surface area contributed by atoms with Crippen LogP contribution in [0.1, 0.15) is 60.3 Å². The fourth-order valence-electron chi connectivity index (χ4n) is 6.04. The van der Waals surface area contributed by atoms with Crippen LogP contribution in [0.25, 0.3) is 11.3 Å². The van der Waals surface area contributed by atoms with Gasteiger partial charge in [0.15, 0.2) is 17.7 Å². The van der Waals surface area contributed by atoms with Gasteiger partial charge in [0.25, 0.3) is 5.91 Å². The van der Waals surface area contributed by atoms with E-state index in [2.05, 4.69) is 44.5 Å². The van der Waals surface area contributed by atoms with Gasteiger partial charge in [-0.1, -0.05) is 78.9 Å². The molecule has 10 nitrogen and oxygen atoms in total. The molecule has 0 radical (unpaired) electrons. The van der Waals surface area contributed by atoms with Gasteiger partial charge in [0, 0.05) is 51.4 Å². The Morgan fingerprint density at radius 3 is 2.29 bits per heavy atom. The van der Waals surface area contributed by atoms with E-state index in [4.69, 9.17) is 14.2 Å². The molecule has 1 aliphatic rings. The van der Waals surface area contributed by atoms with Crippen LogP contribution in [0.5, 0.6) is 0 Å². The topological polar surface area (TPSA) is 123 Å². The van der Waals surface area contributed by atoms with Gasteiger partial charge in [0.05, 0.1) is 24.2 Å². The first-order chi connectivity index (χ1) is 23.9. The van der Waals surface area contributed by atoms with Crippen molar-refractivity contribution in [1.82, 2.24) is 20.2 Å². The van der Waals surface area contributed by atoms with Crippen molar-refractivity contribution in [2.75, 3.05) is 39.5 Å². The highest BCUT2D eigenvalue weighted by Gasteiger charge is 2.40. The number of rotatable bonds is 17. The van der Waals surface area contributed by atoms with Gasteiger partial charge in [-0.15, -0.1) is 0 Å². The number of ether oxygens (including phenoxy) is 3. The van der Waals surface area contributed by atoms with E-state index < -0.39 is 17.7 Å². The van der Waals surface area contributed by atoms with Crippen molar-refractivity contribution < 1.29 is 28.9 Å². The molecule has 1 aliphatic heterocycles. The molecule has 0 aliphatic carbocycles. The lowest BCUT2D eigenvalue weighted by atomic mass is 9.82. The van der Waals surface area contributed by atoms with Crippen molar-refractivity contribution >= 4 is 11.7 Å². The lowest BCUT2D eigenvalue weighted by molar-refractivity contribution is -0.142. The first kappa shape index (κ1) is 36.0.